The van der Waals surface area contributed by atoms with Gasteiger partial charge in [-0.3, -0.25) is 4.79 Å². The molecule has 1 aliphatic rings. The Morgan fingerprint density at radius 1 is 1.19 bits per heavy atom. The lowest BCUT2D eigenvalue weighted by atomic mass is 9.92. The van der Waals surface area contributed by atoms with Gasteiger partial charge in [-0.25, -0.2) is 9.37 Å². The highest BCUT2D eigenvalue weighted by Gasteiger charge is 2.26. The fourth-order valence-electron chi connectivity index (χ4n) is 3.86. The molecule has 1 atom stereocenters. The second kappa shape index (κ2) is 6.90. The number of benzene rings is 1. The third-order valence-electron chi connectivity index (χ3n) is 5.20. The van der Waals surface area contributed by atoms with Crippen LogP contribution in [-0.2, 0) is 4.79 Å². The van der Waals surface area contributed by atoms with Crippen LogP contribution in [0.3, 0.4) is 0 Å². The summed E-state index contributed by atoms with van der Waals surface area (Å²) in [5.41, 5.74) is 3.62. The molecule has 3 heterocycles. The van der Waals surface area contributed by atoms with Crippen LogP contribution in [0.4, 0.5) is 4.39 Å². The number of rotatable bonds is 4. The zero-order chi connectivity index (χ0) is 18.1. The molecule has 1 aliphatic heterocycles. The van der Waals surface area contributed by atoms with Gasteiger partial charge in [0, 0.05) is 37.3 Å². The molecule has 0 bridgehead atoms. The first-order valence-corrected chi connectivity index (χ1v) is 9.10. The number of imidazole rings is 1. The van der Waals surface area contributed by atoms with E-state index in [-0.39, 0.29) is 17.6 Å². The normalized spacial score (nSPS) is 15.5. The number of nitrogens with zero attached hydrogens (tertiary/aromatic N) is 3. The van der Waals surface area contributed by atoms with Gasteiger partial charge in [-0.2, -0.15) is 0 Å². The van der Waals surface area contributed by atoms with Crippen LogP contribution in [0, 0.1) is 12.7 Å². The number of halogens is 1. The largest absolute Gasteiger partial charge is 0.343 e. The van der Waals surface area contributed by atoms with Crippen LogP contribution < -0.4 is 0 Å². The molecule has 2 aromatic heterocycles. The highest BCUT2D eigenvalue weighted by Crippen LogP contribution is 2.31. The molecular weight excluding hydrogens is 329 g/mol. The monoisotopic (exact) mass is 351 g/mol. The van der Waals surface area contributed by atoms with E-state index >= 15 is 0 Å². The Labute approximate surface area is 152 Å². The number of carbonyl (C=O) groups is 1. The highest BCUT2D eigenvalue weighted by molar-refractivity contribution is 5.78. The summed E-state index contributed by atoms with van der Waals surface area (Å²) < 4.78 is 15.9. The Morgan fingerprint density at radius 2 is 1.96 bits per heavy atom. The van der Waals surface area contributed by atoms with Crippen LogP contribution in [-0.4, -0.2) is 33.3 Å². The zero-order valence-corrected chi connectivity index (χ0v) is 14.9. The van der Waals surface area contributed by atoms with Crippen LogP contribution in [0.15, 0.2) is 48.7 Å². The predicted molar refractivity (Wildman–Crippen MR) is 98.6 cm³/mol. The fourth-order valence-corrected chi connectivity index (χ4v) is 3.86. The minimum atomic E-state index is -0.285. The van der Waals surface area contributed by atoms with E-state index in [1.54, 1.807) is 6.07 Å². The van der Waals surface area contributed by atoms with E-state index in [1.165, 1.54) is 12.1 Å². The molecule has 1 saturated heterocycles. The second-order valence-electron chi connectivity index (χ2n) is 6.94. The molecule has 1 fully saturated rings. The lowest BCUT2D eigenvalue weighted by molar-refractivity contribution is -0.130. The summed E-state index contributed by atoms with van der Waals surface area (Å²) >= 11 is 0. The van der Waals surface area contributed by atoms with Gasteiger partial charge in [-0.05, 0) is 49.6 Å². The van der Waals surface area contributed by atoms with Crippen LogP contribution >= 0.6 is 0 Å². The summed E-state index contributed by atoms with van der Waals surface area (Å²) in [5.74, 6) is -0.387. The van der Waals surface area contributed by atoms with Crippen molar-refractivity contribution in [3.63, 3.8) is 0 Å². The van der Waals surface area contributed by atoms with Gasteiger partial charge in [0.25, 0.3) is 0 Å². The molecule has 0 saturated carbocycles. The molecule has 26 heavy (non-hydrogen) atoms. The molecule has 134 valence electrons. The fraction of sp³-hybridized carbons (Fsp3) is 0.333. The first-order chi connectivity index (χ1) is 12.6. The van der Waals surface area contributed by atoms with E-state index in [0.29, 0.717) is 6.42 Å². The first kappa shape index (κ1) is 16.8. The van der Waals surface area contributed by atoms with Crippen molar-refractivity contribution in [1.29, 1.82) is 0 Å². The van der Waals surface area contributed by atoms with Gasteiger partial charge < -0.3 is 9.30 Å². The van der Waals surface area contributed by atoms with Crippen LogP contribution in [0.25, 0.3) is 5.65 Å². The number of likely N-dealkylation sites (tertiary alicyclic amines) is 1. The third-order valence-corrected chi connectivity index (χ3v) is 5.20. The van der Waals surface area contributed by atoms with E-state index < -0.39 is 0 Å². The van der Waals surface area contributed by atoms with Gasteiger partial charge in [0.15, 0.2) is 0 Å². The maximum atomic E-state index is 13.9. The SMILES string of the molecule is Cc1cccc2ncc(C(CC(=O)N3CCCC3)c3cccc(F)c3)n12. The van der Waals surface area contributed by atoms with Crippen LogP contribution in [0.2, 0.25) is 0 Å². The average Bonchev–Trinajstić information content (AvgIpc) is 3.30. The maximum Gasteiger partial charge on any atom is 0.223 e. The number of hydrogen-bond donors (Lipinski definition) is 0. The minimum absolute atomic E-state index is 0.125. The second-order valence-corrected chi connectivity index (χ2v) is 6.94. The first-order valence-electron chi connectivity index (χ1n) is 9.10. The Morgan fingerprint density at radius 3 is 2.73 bits per heavy atom. The van der Waals surface area contributed by atoms with Crippen molar-refractivity contribution in [2.24, 2.45) is 0 Å². The van der Waals surface area contributed by atoms with Gasteiger partial charge in [0.2, 0.25) is 5.91 Å². The number of fused-ring (bicyclic) bond motifs is 1. The van der Waals surface area contributed by atoms with Crippen LogP contribution in [0.1, 0.15) is 42.1 Å². The van der Waals surface area contributed by atoms with Crippen molar-refractivity contribution in [2.75, 3.05) is 13.1 Å². The molecule has 0 spiro atoms. The van der Waals surface area contributed by atoms with Crippen molar-refractivity contribution in [3.8, 4) is 0 Å². The molecule has 1 amide bonds. The van der Waals surface area contributed by atoms with Gasteiger partial charge in [-0.1, -0.05) is 18.2 Å². The molecule has 1 aromatic carbocycles. The summed E-state index contributed by atoms with van der Waals surface area (Å²) in [6.07, 6.45) is 4.26. The highest BCUT2D eigenvalue weighted by atomic mass is 19.1. The topological polar surface area (TPSA) is 37.6 Å². The lowest BCUT2D eigenvalue weighted by Crippen LogP contribution is -2.29. The van der Waals surface area contributed by atoms with Crippen LogP contribution in [0.5, 0.6) is 0 Å². The lowest BCUT2D eigenvalue weighted by Gasteiger charge is -2.22. The molecule has 0 aliphatic carbocycles. The van der Waals surface area contributed by atoms with Gasteiger partial charge in [0.1, 0.15) is 11.5 Å². The number of hydrogen-bond acceptors (Lipinski definition) is 2. The zero-order valence-electron chi connectivity index (χ0n) is 14.9. The molecule has 4 rings (SSSR count). The number of carbonyl (C=O) groups excluding carboxylic acids is 1. The summed E-state index contributed by atoms with van der Waals surface area (Å²) in [6, 6.07) is 12.5. The van der Waals surface area contributed by atoms with Crippen molar-refractivity contribution in [2.45, 2.75) is 32.1 Å². The van der Waals surface area contributed by atoms with E-state index in [0.717, 1.165) is 48.5 Å². The van der Waals surface area contributed by atoms with Crippen molar-refractivity contribution in [3.05, 3.63) is 71.4 Å². The Balaban J connectivity index is 1.78. The molecule has 4 nitrogen and oxygen atoms in total. The molecule has 5 heteroatoms. The van der Waals surface area contributed by atoms with Gasteiger partial charge >= 0.3 is 0 Å². The summed E-state index contributed by atoms with van der Waals surface area (Å²) in [5, 5.41) is 0. The van der Waals surface area contributed by atoms with Crippen molar-refractivity contribution < 1.29 is 9.18 Å². The van der Waals surface area contributed by atoms with Gasteiger partial charge in [-0.15, -0.1) is 0 Å². The number of aromatic nitrogens is 2. The molecule has 3 aromatic rings. The third kappa shape index (κ3) is 3.09. The molecule has 0 N–H and O–H groups in total. The summed E-state index contributed by atoms with van der Waals surface area (Å²) in [7, 11) is 0. The van der Waals surface area contributed by atoms with E-state index in [4.69, 9.17) is 0 Å². The van der Waals surface area contributed by atoms with Crippen molar-refractivity contribution >= 4 is 11.6 Å². The molecule has 0 radical (unpaired) electrons. The molecule has 1 unspecified atom stereocenters. The van der Waals surface area contributed by atoms with Gasteiger partial charge in [0.05, 0.1) is 5.69 Å². The number of amides is 1. The number of aryl methyl sites for hydroxylation is 1. The molecular formula is C21H22FN3O. The maximum absolute atomic E-state index is 13.9. The summed E-state index contributed by atoms with van der Waals surface area (Å²) in [6.45, 7) is 3.66. The quantitative estimate of drug-likeness (QED) is 0.714. The minimum Gasteiger partial charge on any atom is -0.343 e. The Kier molecular flexibility index (Phi) is 4.45. The smallest absolute Gasteiger partial charge is 0.223 e. The van der Waals surface area contributed by atoms with Crippen molar-refractivity contribution in [1.82, 2.24) is 14.3 Å². The van der Waals surface area contributed by atoms with E-state index in [2.05, 4.69) is 9.38 Å². The van der Waals surface area contributed by atoms with E-state index in [1.807, 2.05) is 42.3 Å². The Hall–Kier alpha value is -2.69. The Bertz CT molecular complexity index is 943. The standard InChI is InChI=1S/C21H22FN3O/c1-15-6-4-9-20-23-14-19(25(15)20)18(16-7-5-8-17(22)12-16)13-21(26)24-10-2-3-11-24/h4-9,12,14,18H,2-3,10-11,13H2,1H3. The number of pyridine rings is 1. The average molecular weight is 351 g/mol. The van der Waals surface area contributed by atoms with E-state index in [9.17, 15) is 9.18 Å². The predicted octanol–water partition coefficient (Wildman–Crippen LogP) is 3.93. The summed E-state index contributed by atoms with van der Waals surface area (Å²) in [4.78, 5) is 19.2.